The summed E-state index contributed by atoms with van der Waals surface area (Å²) in [5.74, 6) is -0.544. The van der Waals surface area contributed by atoms with Gasteiger partial charge < -0.3 is 5.11 Å². The second-order valence-corrected chi connectivity index (χ2v) is 6.21. The third-order valence-corrected chi connectivity index (χ3v) is 3.96. The minimum absolute atomic E-state index is 0.0649. The molecule has 2 aromatic rings. The van der Waals surface area contributed by atoms with Crippen molar-refractivity contribution in [1.29, 1.82) is 0 Å². The largest absolute Gasteiger partial charge is 0.478 e. The van der Waals surface area contributed by atoms with Crippen LogP contribution in [0.1, 0.15) is 60.3 Å². The van der Waals surface area contributed by atoms with Crippen LogP contribution in [-0.4, -0.2) is 20.9 Å². The van der Waals surface area contributed by atoms with E-state index in [1.54, 1.807) is 10.7 Å². The molecule has 1 heterocycles. The number of hydrogen-bond acceptors (Lipinski definition) is 2. The average Bonchev–Trinajstić information content (AvgIpc) is 3.17. The zero-order valence-corrected chi connectivity index (χ0v) is 12.8. The fraction of sp³-hybridized carbons (Fsp3) is 0.375. The monoisotopic (exact) mass is 304 g/mol. The van der Waals surface area contributed by atoms with Gasteiger partial charge >= 0.3 is 5.97 Å². The highest BCUT2D eigenvalue weighted by Gasteiger charge is 2.35. The molecule has 110 valence electrons. The van der Waals surface area contributed by atoms with Crippen molar-refractivity contribution in [3.8, 4) is 5.69 Å². The fourth-order valence-electron chi connectivity index (χ4n) is 2.65. The number of carbonyl (C=O) groups is 1. The van der Waals surface area contributed by atoms with Crippen LogP contribution in [0.5, 0.6) is 0 Å². The fourth-order valence-corrected chi connectivity index (χ4v) is 2.83. The van der Waals surface area contributed by atoms with Crippen molar-refractivity contribution in [2.75, 3.05) is 0 Å². The first-order valence-corrected chi connectivity index (χ1v) is 7.49. The van der Waals surface area contributed by atoms with E-state index >= 15 is 0 Å². The van der Waals surface area contributed by atoms with Gasteiger partial charge in [0.2, 0.25) is 0 Å². The summed E-state index contributed by atoms with van der Waals surface area (Å²) in [5.41, 5.74) is 2.63. The van der Waals surface area contributed by atoms with Gasteiger partial charge in [0.25, 0.3) is 0 Å². The molecular weight excluding hydrogens is 288 g/mol. The van der Waals surface area contributed by atoms with E-state index in [-0.39, 0.29) is 11.8 Å². The molecule has 0 bridgehead atoms. The first-order valence-electron chi connectivity index (χ1n) is 7.11. The number of carboxylic acid groups (broad SMARTS) is 1. The minimum Gasteiger partial charge on any atom is -0.478 e. The quantitative estimate of drug-likeness (QED) is 0.920. The smallest absolute Gasteiger partial charge is 0.339 e. The average molecular weight is 305 g/mol. The van der Waals surface area contributed by atoms with Gasteiger partial charge in [-0.3, -0.25) is 0 Å². The molecule has 5 heteroatoms. The van der Waals surface area contributed by atoms with E-state index in [1.165, 1.54) is 0 Å². The Morgan fingerprint density at radius 1 is 1.43 bits per heavy atom. The highest BCUT2D eigenvalue weighted by molar-refractivity contribution is 6.30. The Hall–Kier alpha value is -1.81. The van der Waals surface area contributed by atoms with Gasteiger partial charge in [0.15, 0.2) is 0 Å². The third kappa shape index (κ3) is 2.56. The summed E-state index contributed by atoms with van der Waals surface area (Å²) in [5, 5.41) is 14.8. The van der Waals surface area contributed by atoms with Gasteiger partial charge in [0.05, 0.1) is 17.1 Å². The Bertz CT molecular complexity index is 702. The van der Waals surface area contributed by atoms with Gasteiger partial charge in [0.1, 0.15) is 5.56 Å². The molecule has 1 aromatic carbocycles. The molecule has 0 aliphatic heterocycles. The second kappa shape index (κ2) is 5.19. The Labute approximate surface area is 128 Å². The van der Waals surface area contributed by atoms with Crippen LogP contribution in [0, 0.1) is 0 Å². The number of halogens is 1. The maximum absolute atomic E-state index is 11.7. The second-order valence-electron chi connectivity index (χ2n) is 5.77. The molecule has 0 unspecified atom stereocenters. The molecule has 0 amide bonds. The van der Waals surface area contributed by atoms with Crippen LogP contribution in [0.15, 0.2) is 24.3 Å². The van der Waals surface area contributed by atoms with Crippen LogP contribution in [0.4, 0.5) is 0 Å². The van der Waals surface area contributed by atoms with E-state index < -0.39 is 5.97 Å². The minimum atomic E-state index is -0.895. The van der Waals surface area contributed by atoms with Gasteiger partial charge in [-0.2, -0.15) is 5.10 Å². The molecule has 1 aromatic heterocycles. The Balaban J connectivity index is 2.24. The van der Waals surface area contributed by atoms with E-state index in [9.17, 15) is 9.90 Å². The maximum Gasteiger partial charge on any atom is 0.339 e. The van der Waals surface area contributed by atoms with E-state index in [0.717, 1.165) is 24.2 Å². The molecule has 3 rings (SSSR count). The van der Waals surface area contributed by atoms with Crippen molar-refractivity contribution in [2.45, 2.75) is 38.5 Å². The van der Waals surface area contributed by atoms with E-state index in [4.69, 9.17) is 11.6 Å². The van der Waals surface area contributed by atoms with Crippen molar-refractivity contribution in [3.63, 3.8) is 0 Å². The summed E-state index contributed by atoms with van der Waals surface area (Å²) in [6, 6.07) is 7.35. The molecule has 0 spiro atoms. The first kappa shape index (κ1) is 14.1. The lowest BCUT2D eigenvalue weighted by atomic mass is 10.0. The Morgan fingerprint density at radius 3 is 2.67 bits per heavy atom. The van der Waals surface area contributed by atoms with Crippen LogP contribution in [0.25, 0.3) is 5.69 Å². The lowest BCUT2D eigenvalue weighted by Crippen LogP contribution is -2.08. The predicted molar refractivity (Wildman–Crippen MR) is 81.6 cm³/mol. The Kier molecular flexibility index (Phi) is 3.49. The van der Waals surface area contributed by atoms with E-state index in [2.05, 4.69) is 5.10 Å². The highest BCUT2D eigenvalue weighted by atomic mass is 35.5. The lowest BCUT2D eigenvalue weighted by Gasteiger charge is -2.11. The summed E-state index contributed by atoms with van der Waals surface area (Å²) in [4.78, 5) is 11.7. The molecule has 4 nitrogen and oxygen atoms in total. The van der Waals surface area contributed by atoms with Crippen molar-refractivity contribution < 1.29 is 9.90 Å². The van der Waals surface area contributed by atoms with Gasteiger partial charge in [-0.15, -0.1) is 0 Å². The standard InChI is InChI=1S/C16H17ClN2O2/c1-9(2)15-13(16(20)21)14(10-6-7-10)18-19(15)12-5-3-4-11(17)8-12/h3-5,8-10H,6-7H2,1-2H3,(H,20,21). The lowest BCUT2D eigenvalue weighted by molar-refractivity contribution is 0.0694. The number of aromatic nitrogens is 2. The van der Waals surface area contributed by atoms with Crippen molar-refractivity contribution >= 4 is 17.6 Å². The van der Waals surface area contributed by atoms with Gasteiger partial charge in [-0.25, -0.2) is 9.48 Å². The first-order chi connectivity index (χ1) is 9.99. The van der Waals surface area contributed by atoms with E-state index in [1.807, 2.05) is 32.0 Å². The molecule has 1 fully saturated rings. The van der Waals surface area contributed by atoms with Gasteiger partial charge in [-0.05, 0) is 37.0 Å². The molecule has 1 saturated carbocycles. The third-order valence-electron chi connectivity index (χ3n) is 3.73. The van der Waals surface area contributed by atoms with E-state index in [0.29, 0.717) is 16.3 Å². The van der Waals surface area contributed by atoms with Crippen LogP contribution < -0.4 is 0 Å². The zero-order chi connectivity index (χ0) is 15.1. The van der Waals surface area contributed by atoms with Crippen molar-refractivity contribution in [1.82, 2.24) is 9.78 Å². The molecule has 1 N–H and O–H groups in total. The molecule has 0 atom stereocenters. The van der Waals surface area contributed by atoms with Gasteiger partial charge in [-0.1, -0.05) is 31.5 Å². The number of rotatable bonds is 4. The summed E-state index contributed by atoms with van der Waals surface area (Å²) in [6.45, 7) is 3.97. The predicted octanol–water partition coefficient (Wildman–Crippen LogP) is 4.22. The van der Waals surface area contributed by atoms with Crippen molar-refractivity contribution in [2.24, 2.45) is 0 Å². The number of nitrogens with zero attached hydrogens (tertiary/aromatic N) is 2. The highest BCUT2D eigenvalue weighted by Crippen LogP contribution is 2.43. The summed E-state index contributed by atoms with van der Waals surface area (Å²) < 4.78 is 1.74. The number of carboxylic acids is 1. The maximum atomic E-state index is 11.7. The summed E-state index contributed by atoms with van der Waals surface area (Å²) in [6.07, 6.45) is 2.04. The normalized spacial score (nSPS) is 14.7. The SMILES string of the molecule is CC(C)c1c(C(=O)O)c(C2CC2)nn1-c1cccc(Cl)c1. The summed E-state index contributed by atoms with van der Waals surface area (Å²) >= 11 is 6.05. The van der Waals surface area contributed by atoms with Crippen LogP contribution >= 0.6 is 11.6 Å². The molecule has 0 saturated heterocycles. The molecule has 1 aliphatic rings. The molecule has 0 radical (unpaired) electrons. The summed E-state index contributed by atoms with van der Waals surface area (Å²) in [7, 11) is 0. The topological polar surface area (TPSA) is 55.1 Å². The zero-order valence-electron chi connectivity index (χ0n) is 12.0. The molecule has 21 heavy (non-hydrogen) atoms. The van der Waals surface area contributed by atoms with Crippen LogP contribution in [-0.2, 0) is 0 Å². The molecular formula is C16H17ClN2O2. The Morgan fingerprint density at radius 2 is 2.14 bits per heavy atom. The van der Waals surface area contributed by atoms with Crippen LogP contribution in [0.2, 0.25) is 5.02 Å². The number of aromatic carboxylic acids is 1. The number of hydrogen-bond donors (Lipinski definition) is 1. The number of benzene rings is 1. The van der Waals surface area contributed by atoms with Crippen LogP contribution in [0.3, 0.4) is 0 Å². The molecule has 1 aliphatic carbocycles. The van der Waals surface area contributed by atoms with Gasteiger partial charge in [0, 0.05) is 10.9 Å². The van der Waals surface area contributed by atoms with Crippen molar-refractivity contribution in [3.05, 3.63) is 46.2 Å².